The summed E-state index contributed by atoms with van der Waals surface area (Å²) in [4.78, 5) is 26.9. The Hall–Kier alpha value is -3.73. The topological polar surface area (TPSA) is 63.5 Å². The second-order valence-electron chi connectivity index (χ2n) is 6.31. The minimum absolute atomic E-state index is 0.00704. The number of para-hydroxylation sites is 1. The Balaban J connectivity index is 1.94. The first-order valence-corrected chi connectivity index (χ1v) is 8.52. The summed E-state index contributed by atoms with van der Waals surface area (Å²) < 4.78 is 0.631. The molecule has 4 rings (SSSR count). The molecule has 2 amide bonds. The van der Waals surface area contributed by atoms with E-state index in [0.29, 0.717) is 27.1 Å². The summed E-state index contributed by atoms with van der Waals surface area (Å²) >= 11 is 0. The van der Waals surface area contributed by atoms with Gasteiger partial charge in [0.05, 0.1) is 16.7 Å². The molecule has 1 aliphatic heterocycles. The van der Waals surface area contributed by atoms with E-state index in [2.05, 4.69) is 0 Å². The van der Waals surface area contributed by atoms with Crippen LogP contribution in [0.25, 0.3) is 0 Å². The van der Waals surface area contributed by atoms with E-state index >= 15 is 0 Å². The predicted octanol–water partition coefficient (Wildman–Crippen LogP) is 3.88. The number of carbonyl (C=O) groups is 2. The third kappa shape index (κ3) is 2.79. The van der Waals surface area contributed by atoms with Crippen molar-refractivity contribution < 1.29 is 14.3 Å². The van der Waals surface area contributed by atoms with Crippen LogP contribution in [0, 0.1) is 12.1 Å². The maximum atomic E-state index is 13.2. The Bertz CT molecular complexity index is 1040. The molecule has 0 N–H and O–H groups in total. The molecule has 0 saturated carbocycles. The van der Waals surface area contributed by atoms with Gasteiger partial charge in [-0.3, -0.25) is 0 Å². The molecule has 5 heteroatoms. The van der Waals surface area contributed by atoms with Gasteiger partial charge in [-0.15, -0.1) is 4.90 Å². The molecule has 1 heterocycles. The number of imide groups is 1. The van der Waals surface area contributed by atoms with Gasteiger partial charge in [0.15, 0.2) is 0 Å². The molecule has 132 valence electrons. The van der Waals surface area contributed by atoms with E-state index in [4.69, 9.17) is 0 Å². The number of carbonyl (C=O) groups excluding carboxylic acids is 2. The first-order chi connectivity index (χ1) is 13.1. The molecule has 3 aromatic carbocycles. The van der Waals surface area contributed by atoms with Crippen LogP contribution in [0.5, 0.6) is 0 Å². The van der Waals surface area contributed by atoms with Crippen molar-refractivity contribution in [2.75, 3.05) is 0 Å². The lowest BCUT2D eigenvalue weighted by molar-refractivity contribution is -0.365. The number of nitrogens with zero attached hydrogens (tertiary/aromatic N) is 2. The van der Waals surface area contributed by atoms with E-state index in [0.717, 1.165) is 10.5 Å². The summed E-state index contributed by atoms with van der Waals surface area (Å²) in [6.45, 7) is 1.93. The predicted molar refractivity (Wildman–Crippen MR) is 102 cm³/mol. The van der Waals surface area contributed by atoms with Gasteiger partial charge < -0.3 is 5.21 Å². The number of fused-ring (bicyclic) bond motifs is 1. The highest BCUT2D eigenvalue weighted by Gasteiger charge is 2.46. The Morgan fingerprint density at radius 1 is 0.778 bits per heavy atom. The van der Waals surface area contributed by atoms with E-state index in [-0.39, 0.29) is 5.84 Å². The van der Waals surface area contributed by atoms with Gasteiger partial charge in [-0.25, -0.2) is 14.3 Å². The number of hydrogen-bond acceptors (Lipinski definition) is 3. The lowest BCUT2D eigenvalue weighted by atomic mass is 10.1. The van der Waals surface area contributed by atoms with Crippen molar-refractivity contribution in [1.29, 1.82) is 0 Å². The van der Waals surface area contributed by atoms with Crippen molar-refractivity contribution in [3.05, 3.63) is 106 Å². The molecule has 0 radical (unpaired) electrons. The highest BCUT2D eigenvalue weighted by atomic mass is 16.5. The molecule has 0 aromatic heterocycles. The van der Waals surface area contributed by atoms with E-state index in [1.54, 1.807) is 66.7 Å². The summed E-state index contributed by atoms with van der Waals surface area (Å²) in [6.07, 6.45) is 0. The van der Waals surface area contributed by atoms with Gasteiger partial charge in [-0.05, 0) is 43.3 Å². The fraction of sp³-hybridized carbons (Fsp3) is 0.0455. The van der Waals surface area contributed by atoms with Crippen molar-refractivity contribution in [2.24, 2.45) is 0 Å². The second-order valence-corrected chi connectivity index (χ2v) is 6.31. The molecule has 1 aliphatic rings. The van der Waals surface area contributed by atoms with Gasteiger partial charge in [0.25, 0.3) is 0 Å². The van der Waals surface area contributed by atoms with E-state index in [1.165, 1.54) is 0 Å². The molecule has 27 heavy (non-hydrogen) atoms. The first-order valence-electron chi connectivity index (χ1n) is 8.52. The second kappa shape index (κ2) is 6.53. The monoisotopic (exact) mass is 356 g/mol. The van der Waals surface area contributed by atoms with Crippen LogP contribution in [-0.4, -0.2) is 27.3 Å². The fourth-order valence-corrected chi connectivity index (χ4v) is 3.11. The van der Waals surface area contributed by atoms with E-state index < -0.39 is 11.8 Å². The number of amides is 2. The number of benzene rings is 3. The smallest absolute Gasteiger partial charge is 0.349 e. The van der Waals surface area contributed by atoms with Crippen LogP contribution in [0.3, 0.4) is 0 Å². The Morgan fingerprint density at radius 2 is 1.30 bits per heavy atom. The zero-order valence-electron chi connectivity index (χ0n) is 14.6. The number of amidine groups is 1. The van der Waals surface area contributed by atoms with Crippen molar-refractivity contribution >= 4 is 23.3 Å². The Labute approximate surface area is 156 Å². The zero-order chi connectivity index (χ0) is 19.0. The number of aryl methyl sites for hydroxylation is 1. The molecule has 3 aromatic rings. The molecular formula is C22H16N2O3. The van der Waals surface area contributed by atoms with Crippen LogP contribution in [0.2, 0.25) is 0 Å². The average molecular weight is 356 g/mol. The van der Waals surface area contributed by atoms with Crippen molar-refractivity contribution in [3.8, 4) is 0 Å². The zero-order valence-corrected chi connectivity index (χ0v) is 14.6. The maximum absolute atomic E-state index is 13.2. The molecule has 0 spiro atoms. The first kappa shape index (κ1) is 16.7. The summed E-state index contributed by atoms with van der Waals surface area (Å²) in [5.41, 5.74) is 2.44. The largest absolute Gasteiger partial charge is 0.710 e. The molecule has 0 atom stereocenters. The third-order valence-electron chi connectivity index (χ3n) is 4.50. The van der Waals surface area contributed by atoms with Gasteiger partial charge in [0, 0.05) is 0 Å². The van der Waals surface area contributed by atoms with E-state index in [9.17, 15) is 14.8 Å². The van der Waals surface area contributed by atoms with Gasteiger partial charge in [0.1, 0.15) is 5.69 Å². The number of rotatable bonds is 2. The van der Waals surface area contributed by atoms with Crippen LogP contribution in [-0.2, 0) is 0 Å². The van der Waals surface area contributed by atoms with Crippen molar-refractivity contribution in [1.82, 2.24) is 4.90 Å². The van der Waals surface area contributed by atoms with Crippen molar-refractivity contribution in [3.63, 3.8) is 0 Å². The Kier molecular flexibility index (Phi) is 4.05. The van der Waals surface area contributed by atoms with Crippen LogP contribution in [0.1, 0.15) is 31.8 Å². The molecule has 0 unspecified atom stereocenters. The minimum Gasteiger partial charge on any atom is -0.710 e. The average Bonchev–Trinajstić information content (AvgIpc) is 2.96. The van der Waals surface area contributed by atoms with Crippen LogP contribution < -0.4 is 0 Å². The lowest BCUT2D eigenvalue weighted by Gasteiger charge is -2.18. The van der Waals surface area contributed by atoms with Gasteiger partial charge in [-0.1, -0.05) is 48.0 Å². The molecular weight excluding hydrogens is 340 g/mol. The molecule has 0 saturated heterocycles. The summed E-state index contributed by atoms with van der Waals surface area (Å²) in [6, 6.07) is 22.3. The normalized spacial score (nSPS) is 14.2. The SMILES string of the molecule is Cc1ccc(/C(N2C(=O)c3ccccc3C2=O)=[N+](/[O-])c2ccccc2)cc1. The van der Waals surface area contributed by atoms with Crippen LogP contribution >= 0.6 is 0 Å². The summed E-state index contributed by atoms with van der Waals surface area (Å²) in [5.74, 6) is -1.00. The van der Waals surface area contributed by atoms with E-state index in [1.807, 2.05) is 19.1 Å². The quantitative estimate of drug-likeness (QED) is 0.175. The van der Waals surface area contributed by atoms with Gasteiger partial charge >= 0.3 is 17.6 Å². The summed E-state index contributed by atoms with van der Waals surface area (Å²) in [7, 11) is 0. The lowest BCUT2D eigenvalue weighted by Crippen LogP contribution is -2.40. The molecule has 0 fully saturated rings. The van der Waals surface area contributed by atoms with Gasteiger partial charge in [0.2, 0.25) is 0 Å². The van der Waals surface area contributed by atoms with Crippen LogP contribution in [0.15, 0.2) is 78.9 Å². The molecule has 0 bridgehead atoms. The van der Waals surface area contributed by atoms with Crippen LogP contribution in [0.4, 0.5) is 5.69 Å². The highest BCUT2D eigenvalue weighted by molar-refractivity contribution is 6.31. The Morgan fingerprint density at radius 3 is 1.85 bits per heavy atom. The van der Waals surface area contributed by atoms with Gasteiger partial charge in [-0.2, -0.15) is 0 Å². The standard InChI is InChI=1S/C22H16N2O3/c1-15-11-13-16(14-12-15)20(24(27)17-7-3-2-4-8-17)23-21(25)18-9-5-6-10-19(18)22(23)26/h2-14H,1H3/b24-20-. The third-order valence-corrected chi connectivity index (χ3v) is 4.50. The highest BCUT2D eigenvalue weighted by Crippen LogP contribution is 2.26. The van der Waals surface area contributed by atoms with Crippen molar-refractivity contribution in [2.45, 2.75) is 6.92 Å². The molecule has 0 aliphatic carbocycles. The minimum atomic E-state index is -0.497. The molecule has 5 nitrogen and oxygen atoms in total. The number of hydrogen-bond donors (Lipinski definition) is 0. The fourth-order valence-electron chi connectivity index (χ4n) is 3.11. The summed E-state index contributed by atoms with van der Waals surface area (Å²) in [5, 5.41) is 13.2. The maximum Gasteiger partial charge on any atom is 0.349 e.